The van der Waals surface area contributed by atoms with Gasteiger partial charge in [0.2, 0.25) is 0 Å². The normalized spacial score (nSPS) is 15.4. The van der Waals surface area contributed by atoms with Gasteiger partial charge in [-0.2, -0.15) is 5.10 Å². The third-order valence-electron chi connectivity index (χ3n) is 3.86. The van der Waals surface area contributed by atoms with Gasteiger partial charge >= 0.3 is 0 Å². The van der Waals surface area contributed by atoms with Crippen molar-refractivity contribution in [3.8, 4) is 0 Å². The van der Waals surface area contributed by atoms with E-state index < -0.39 is 15.1 Å². The quantitative estimate of drug-likeness (QED) is 0.898. The molecule has 0 aliphatic rings. The first-order chi connectivity index (χ1) is 9.34. The molecule has 2 atom stereocenters. The van der Waals surface area contributed by atoms with Crippen LogP contribution in [-0.4, -0.2) is 42.8 Å². The van der Waals surface area contributed by atoms with Gasteiger partial charge in [-0.05, 0) is 20.0 Å². The van der Waals surface area contributed by atoms with E-state index in [4.69, 9.17) is 0 Å². The SMILES string of the molecule is CNC(Cc1nn(C)c2ccccc12)C(C)S(C)(=O)=O. The Hall–Kier alpha value is -1.40. The predicted molar refractivity (Wildman–Crippen MR) is 81.6 cm³/mol. The van der Waals surface area contributed by atoms with Crippen LogP contribution in [0.3, 0.4) is 0 Å². The minimum Gasteiger partial charge on any atom is -0.315 e. The molecule has 0 amide bonds. The van der Waals surface area contributed by atoms with Crippen LogP contribution in [0, 0.1) is 0 Å². The predicted octanol–water partition coefficient (Wildman–Crippen LogP) is 1.14. The summed E-state index contributed by atoms with van der Waals surface area (Å²) in [5, 5.41) is 8.26. The summed E-state index contributed by atoms with van der Waals surface area (Å²) in [5.74, 6) is 0. The molecule has 0 spiro atoms. The van der Waals surface area contributed by atoms with Crippen molar-refractivity contribution in [1.82, 2.24) is 15.1 Å². The first-order valence-electron chi connectivity index (χ1n) is 6.61. The summed E-state index contributed by atoms with van der Waals surface area (Å²) in [6.07, 6.45) is 1.87. The number of para-hydroxylation sites is 1. The molecule has 0 bridgehead atoms. The number of aromatic nitrogens is 2. The van der Waals surface area contributed by atoms with Crippen LogP contribution in [0.4, 0.5) is 0 Å². The van der Waals surface area contributed by atoms with Crippen molar-refractivity contribution in [2.24, 2.45) is 7.05 Å². The van der Waals surface area contributed by atoms with Gasteiger partial charge in [0.1, 0.15) is 0 Å². The van der Waals surface area contributed by atoms with Gasteiger partial charge in [-0.15, -0.1) is 0 Å². The molecule has 0 saturated heterocycles. The van der Waals surface area contributed by atoms with Gasteiger partial charge < -0.3 is 5.32 Å². The maximum atomic E-state index is 11.7. The number of rotatable bonds is 5. The van der Waals surface area contributed by atoms with Crippen molar-refractivity contribution in [2.75, 3.05) is 13.3 Å². The van der Waals surface area contributed by atoms with Crippen LogP contribution in [0.15, 0.2) is 24.3 Å². The number of hydrogen-bond acceptors (Lipinski definition) is 4. The van der Waals surface area contributed by atoms with E-state index in [-0.39, 0.29) is 6.04 Å². The Bertz CT molecular complexity index is 706. The zero-order valence-electron chi connectivity index (χ0n) is 12.3. The van der Waals surface area contributed by atoms with Gasteiger partial charge in [-0.3, -0.25) is 4.68 Å². The molecule has 0 radical (unpaired) electrons. The van der Waals surface area contributed by atoms with Gasteiger partial charge in [0, 0.05) is 31.2 Å². The van der Waals surface area contributed by atoms with E-state index in [1.807, 2.05) is 36.0 Å². The summed E-state index contributed by atoms with van der Waals surface area (Å²) < 4.78 is 25.3. The first-order valence-corrected chi connectivity index (χ1v) is 8.56. The molecule has 1 N–H and O–H groups in total. The molecule has 1 aromatic heterocycles. The molecule has 0 fully saturated rings. The van der Waals surface area contributed by atoms with Crippen LogP contribution >= 0.6 is 0 Å². The third kappa shape index (κ3) is 2.86. The van der Waals surface area contributed by atoms with Gasteiger partial charge in [-0.1, -0.05) is 18.2 Å². The van der Waals surface area contributed by atoms with E-state index in [1.165, 1.54) is 6.26 Å². The van der Waals surface area contributed by atoms with Crippen LogP contribution in [0.5, 0.6) is 0 Å². The van der Waals surface area contributed by atoms with Crippen LogP contribution in [0.1, 0.15) is 12.6 Å². The van der Waals surface area contributed by atoms with E-state index in [0.29, 0.717) is 6.42 Å². The smallest absolute Gasteiger partial charge is 0.151 e. The molecule has 1 heterocycles. The molecule has 0 saturated carbocycles. The Morgan fingerprint density at radius 2 is 2.00 bits per heavy atom. The molecule has 110 valence electrons. The van der Waals surface area contributed by atoms with E-state index in [9.17, 15) is 8.42 Å². The van der Waals surface area contributed by atoms with E-state index in [0.717, 1.165) is 16.6 Å². The Balaban J connectivity index is 2.36. The van der Waals surface area contributed by atoms with Gasteiger partial charge in [-0.25, -0.2) is 8.42 Å². The van der Waals surface area contributed by atoms with Crippen LogP contribution in [0.2, 0.25) is 0 Å². The Kier molecular flexibility index (Phi) is 4.15. The van der Waals surface area contributed by atoms with Crippen LogP contribution < -0.4 is 5.32 Å². The molecule has 2 unspecified atom stereocenters. The van der Waals surface area contributed by atoms with Crippen molar-refractivity contribution in [3.63, 3.8) is 0 Å². The van der Waals surface area contributed by atoms with Crippen LogP contribution in [0.25, 0.3) is 10.9 Å². The Morgan fingerprint density at radius 1 is 1.35 bits per heavy atom. The highest BCUT2D eigenvalue weighted by Crippen LogP contribution is 2.20. The molecular formula is C14H21N3O2S. The van der Waals surface area contributed by atoms with Crippen molar-refractivity contribution in [1.29, 1.82) is 0 Å². The number of aryl methyl sites for hydroxylation is 1. The highest BCUT2D eigenvalue weighted by atomic mass is 32.2. The maximum absolute atomic E-state index is 11.7. The number of fused-ring (bicyclic) bond motifs is 1. The average molecular weight is 295 g/mol. The third-order valence-corrected chi connectivity index (χ3v) is 5.54. The minimum atomic E-state index is -3.08. The van der Waals surface area contributed by atoms with E-state index in [2.05, 4.69) is 10.4 Å². The molecule has 2 aromatic rings. The Morgan fingerprint density at radius 3 is 2.60 bits per heavy atom. The number of sulfone groups is 1. The molecule has 0 aliphatic heterocycles. The average Bonchev–Trinajstić information content (AvgIpc) is 2.71. The fraction of sp³-hybridized carbons (Fsp3) is 0.500. The van der Waals surface area contributed by atoms with Crippen molar-refractivity contribution < 1.29 is 8.42 Å². The zero-order valence-corrected chi connectivity index (χ0v) is 13.1. The molecule has 1 aromatic carbocycles. The zero-order chi connectivity index (χ0) is 14.9. The number of likely N-dealkylation sites (N-methyl/N-ethyl adjacent to an activating group) is 1. The lowest BCUT2D eigenvalue weighted by molar-refractivity contribution is 0.511. The molecule has 6 heteroatoms. The summed E-state index contributed by atoms with van der Waals surface area (Å²) in [7, 11) is 0.614. The lowest BCUT2D eigenvalue weighted by Crippen LogP contribution is -2.42. The van der Waals surface area contributed by atoms with E-state index in [1.54, 1.807) is 14.0 Å². The molecule has 20 heavy (non-hydrogen) atoms. The topological polar surface area (TPSA) is 64.0 Å². The number of hydrogen-bond donors (Lipinski definition) is 1. The van der Waals surface area contributed by atoms with Crippen molar-refractivity contribution >= 4 is 20.7 Å². The summed E-state index contributed by atoms with van der Waals surface area (Å²) >= 11 is 0. The Labute approximate surface area is 119 Å². The highest BCUT2D eigenvalue weighted by molar-refractivity contribution is 7.91. The van der Waals surface area contributed by atoms with Gasteiger partial charge in [0.15, 0.2) is 9.84 Å². The summed E-state index contributed by atoms with van der Waals surface area (Å²) in [4.78, 5) is 0. The summed E-state index contributed by atoms with van der Waals surface area (Å²) in [6.45, 7) is 1.74. The summed E-state index contributed by atoms with van der Waals surface area (Å²) in [6, 6.07) is 7.84. The summed E-state index contributed by atoms with van der Waals surface area (Å²) in [5.41, 5.74) is 1.99. The number of benzene rings is 1. The molecular weight excluding hydrogens is 274 g/mol. The minimum absolute atomic E-state index is 0.150. The molecule has 2 rings (SSSR count). The number of nitrogens with one attached hydrogen (secondary N) is 1. The lowest BCUT2D eigenvalue weighted by atomic mass is 10.1. The monoisotopic (exact) mass is 295 g/mol. The van der Waals surface area contributed by atoms with Gasteiger partial charge in [0.05, 0.1) is 16.5 Å². The molecule has 0 aliphatic carbocycles. The number of nitrogens with zero attached hydrogens (tertiary/aromatic N) is 2. The molecule has 5 nitrogen and oxygen atoms in total. The fourth-order valence-electron chi connectivity index (χ4n) is 2.45. The maximum Gasteiger partial charge on any atom is 0.151 e. The largest absolute Gasteiger partial charge is 0.315 e. The second-order valence-electron chi connectivity index (χ2n) is 5.22. The van der Waals surface area contributed by atoms with Crippen molar-refractivity contribution in [2.45, 2.75) is 24.6 Å². The second-order valence-corrected chi connectivity index (χ2v) is 7.62. The highest BCUT2D eigenvalue weighted by Gasteiger charge is 2.26. The van der Waals surface area contributed by atoms with Gasteiger partial charge in [0.25, 0.3) is 0 Å². The lowest BCUT2D eigenvalue weighted by Gasteiger charge is -2.21. The van der Waals surface area contributed by atoms with E-state index >= 15 is 0 Å². The standard InChI is InChI=1S/C14H21N3O2S/c1-10(20(4,18)19)12(15-2)9-13-11-7-5-6-8-14(11)17(3)16-13/h5-8,10,12,15H,9H2,1-4H3. The first kappa shape index (κ1) is 15.0. The second kappa shape index (κ2) is 5.54. The van der Waals surface area contributed by atoms with Crippen LogP contribution in [-0.2, 0) is 23.3 Å². The van der Waals surface area contributed by atoms with Crippen molar-refractivity contribution in [3.05, 3.63) is 30.0 Å². The fourth-order valence-corrected chi connectivity index (χ4v) is 3.28.